The molecule has 0 unspecified atom stereocenters. The molecule has 1 aromatic carbocycles. The van der Waals surface area contributed by atoms with Gasteiger partial charge in [-0.2, -0.15) is 0 Å². The van der Waals surface area contributed by atoms with Crippen LogP contribution in [0.5, 0.6) is 0 Å². The van der Waals surface area contributed by atoms with E-state index in [4.69, 9.17) is 4.98 Å². The number of carbonyl (C=O) groups is 2. The van der Waals surface area contributed by atoms with Gasteiger partial charge in [0, 0.05) is 40.3 Å². The molecule has 10 nitrogen and oxygen atoms in total. The number of para-hydroxylation sites is 2. The Morgan fingerprint density at radius 2 is 1.73 bits per heavy atom. The summed E-state index contributed by atoms with van der Waals surface area (Å²) < 4.78 is 3.79. The van der Waals surface area contributed by atoms with E-state index in [1.165, 1.54) is 12.8 Å². The SMILES string of the molecule is CN1CCN(c2ccc3c(=O)c(C(=O)NCCN4CCCC4)c4n(C)c5ccccc5n4c3n2)CC1=O. The molecule has 6 rings (SSSR count). The largest absolute Gasteiger partial charge is 0.351 e. The highest BCUT2D eigenvalue weighted by atomic mass is 16.2. The van der Waals surface area contributed by atoms with Gasteiger partial charge in [0.25, 0.3) is 5.91 Å². The standard InChI is InChI=1S/C27H31N7O3/c1-30-15-16-33(17-22(30)35)21-10-9-18-24(36)23(26(37)28-11-14-32-12-5-6-13-32)27-31(2)19-7-3-4-8-20(19)34(27)25(18)29-21/h3-4,7-10H,5-6,11-17H2,1-2H3,(H,28,37). The van der Waals surface area contributed by atoms with Gasteiger partial charge in [-0.25, -0.2) is 4.98 Å². The Bertz CT molecular complexity index is 1600. The molecule has 2 aliphatic rings. The number of piperazine rings is 1. The monoisotopic (exact) mass is 501 g/mol. The molecule has 192 valence electrons. The number of likely N-dealkylation sites (N-methyl/N-ethyl adjacent to an activating group) is 1. The van der Waals surface area contributed by atoms with Crippen molar-refractivity contribution in [1.82, 2.24) is 29.1 Å². The number of aryl methyl sites for hydroxylation is 1. The van der Waals surface area contributed by atoms with Crippen LogP contribution in [0.15, 0.2) is 41.2 Å². The number of pyridine rings is 2. The van der Waals surface area contributed by atoms with Crippen LogP contribution in [-0.4, -0.2) is 88.4 Å². The number of amides is 2. The van der Waals surface area contributed by atoms with Gasteiger partial charge in [0.2, 0.25) is 11.3 Å². The molecule has 1 N–H and O–H groups in total. The van der Waals surface area contributed by atoms with Gasteiger partial charge in [-0.15, -0.1) is 0 Å². The van der Waals surface area contributed by atoms with E-state index in [0.717, 1.165) is 30.7 Å². The summed E-state index contributed by atoms with van der Waals surface area (Å²) in [4.78, 5) is 50.5. The second-order valence-corrected chi connectivity index (χ2v) is 9.99. The highest BCUT2D eigenvalue weighted by Crippen LogP contribution is 2.27. The first-order chi connectivity index (χ1) is 17.9. The van der Waals surface area contributed by atoms with Crippen LogP contribution in [0, 0.1) is 0 Å². The van der Waals surface area contributed by atoms with E-state index in [-0.39, 0.29) is 29.4 Å². The van der Waals surface area contributed by atoms with Gasteiger partial charge in [-0.3, -0.25) is 18.8 Å². The van der Waals surface area contributed by atoms with Gasteiger partial charge in [0.15, 0.2) is 5.65 Å². The fourth-order valence-corrected chi connectivity index (χ4v) is 5.59. The van der Waals surface area contributed by atoms with Gasteiger partial charge >= 0.3 is 0 Å². The number of imidazole rings is 1. The number of hydrogen-bond donors (Lipinski definition) is 1. The van der Waals surface area contributed by atoms with Crippen LogP contribution in [-0.2, 0) is 11.8 Å². The number of nitrogens with one attached hydrogen (secondary N) is 1. The lowest BCUT2D eigenvalue weighted by molar-refractivity contribution is -0.129. The Morgan fingerprint density at radius 1 is 0.973 bits per heavy atom. The highest BCUT2D eigenvalue weighted by molar-refractivity contribution is 6.06. The Balaban J connectivity index is 1.49. The predicted octanol–water partition coefficient (Wildman–Crippen LogP) is 1.44. The van der Waals surface area contributed by atoms with E-state index in [1.54, 1.807) is 24.1 Å². The molecule has 0 saturated carbocycles. The van der Waals surface area contributed by atoms with Crippen LogP contribution in [0.1, 0.15) is 23.2 Å². The third-order valence-corrected chi connectivity index (χ3v) is 7.70. The molecule has 0 bridgehead atoms. The topological polar surface area (TPSA) is 95.2 Å². The molecule has 2 fully saturated rings. The second kappa shape index (κ2) is 9.19. The number of carbonyl (C=O) groups excluding carboxylic acids is 2. The van der Waals surface area contributed by atoms with Crippen molar-refractivity contribution < 1.29 is 9.59 Å². The van der Waals surface area contributed by atoms with Gasteiger partial charge in [-0.05, 0) is 50.2 Å². The Kier molecular flexibility index (Phi) is 5.83. The first-order valence-corrected chi connectivity index (χ1v) is 12.9. The molecule has 4 aromatic rings. The van der Waals surface area contributed by atoms with Crippen molar-refractivity contribution in [3.05, 3.63) is 52.2 Å². The normalized spacial score (nSPS) is 17.0. The van der Waals surface area contributed by atoms with Crippen molar-refractivity contribution in [2.75, 3.05) is 57.8 Å². The van der Waals surface area contributed by atoms with Crippen molar-refractivity contribution in [3.8, 4) is 0 Å². The van der Waals surface area contributed by atoms with E-state index in [0.29, 0.717) is 42.1 Å². The smallest absolute Gasteiger partial charge is 0.259 e. The van der Waals surface area contributed by atoms with Crippen LogP contribution < -0.4 is 15.6 Å². The lowest BCUT2D eigenvalue weighted by atomic mass is 10.1. The van der Waals surface area contributed by atoms with Crippen molar-refractivity contribution in [1.29, 1.82) is 0 Å². The van der Waals surface area contributed by atoms with Gasteiger partial charge < -0.3 is 24.6 Å². The number of benzene rings is 1. The fourth-order valence-electron chi connectivity index (χ4n) is 5.59. The lowest BCUT2D eigenvalue weighted by Crippen LogP contribution is -2.48. The Labute approximate surface area is 214 Å². The number of hydrogen-bond acceptors (Lipinski definition) is 6. The minimum Gasteiger partial charge on any atom is -0.351 e. The highest BCUT2D eigenvalue weighted by Gasteiger charge is 2.26. The zero-order valence-corrected chi connectivity index (χ0v) is 21.2. The zero-order chi connectivity index (χ0) is 25.7. The van der Waals surface area contributed by atoms with E-state index < -0.39 is 0 Å². The maximum atomic E-state index is 13.8. The molecule has 0 aliphatic carbocycles. The maximum Gasteiger partial charge on any atom is 0.259 e. The summed E-state index contributed by atoms with van der Waals surface area (Å²) in [6.45, 7) is 4.86. The molecule has 2 amide bonds. The summed E-state index contributed by atoms with van der Waals surface area (Å²) in [5, 5.41) is 3.37. The van der Waals surface area contributed by atoms with E-state index >= 15 is 0 Å². The first kappa shape index (κ1) is 23.5. The van der Waals surface area contributed by atoms with Crippen LogP contribution in [0.25, 0.3) is 27.7 Å². The third kappa shape index (κ3) is 3.92. The molecule has 0 atom stereocenters. The maximum absolute atomic E-state index is 13.8. The van der Waals surface area contributed by atoms with E-state index in [2.05, 4.69) is 10.2 Å². The third-order valence-electron chi connectivity index (χ3n) is 7.70. The molecule has 3 aromatic heterocycles. The van der Waals surface area contributed by atoms with Crippen molar-refractivity contribution in [2.24, 2.45) is 7.05 Å². The molecule has 2 saturated heterocycles. The summed E-state index contributed by atoms with van der Waals surface area (Å²) in [6.07, 6.45) is 2.38. The van der Waals surface area contributed by atoms with Crippen molar-refractivity contribution in [2.45, 2.75) is 12.8 Å². The number of likely N-dealkylation sites (tertiary alicyclic amines) is 1. The predicted molar refractivity (Wildman–Crippen MR) is 143 cm³/mol. The first-order valence-electron chi connectivity index (χ1n) is 12.9. The van der Waals surface area contributed by atoms with Crippen LogP contribution >= 0.6 is 0 Å². The molecule has 0 radical (unpaired) electrons. The number of aromatic nitrogens is 3. The average Bonchev–Trinajstić information content (AvgIpc) is 3.52. The average molecular weight is 502 g/mol. The lowest BCUT2D eigenvalue weighted by Gasteiger charge is -2.32. The summed E-state index contributed by atoms with van der Waals surface area (Å²) in [5.74, 6) is 0.294. The number of rotatable bonds is 5. The Hall–Kier alpha value is -3.92. The zero-order valence-electron chi connectivity index (χ0n) is 21.2. The summed E-state index contributed by atoms with van der Waals surface area (Å²) in [6, 6.07) is 11.3. The van der Waals surface area contributed by atoms with Crippen LogP contribution in [0.4, 0.5) is 5.82 Å². The van der Waals surface area contributed by atoms with Gasteiger partial charge in [-0.1, -0.05) is 12.1 Å². The second-order valence-electron chi connectivity index (χ2n) is 9.99. The minimum absolute atomic E-state index is 0.0292. The fraction of sp³-hybridized carbons (Fsp3) is 0.407. The molecular formula is C27H31N7O3. The molecule has 10 heteroatoms. The van der Waals surface area contributed by atoms with Gasteiger partial charge in [0.05, 0.1) is 23.0 Å². The van der Waals surface area contributed by atoms with Crippen molar-refractivity contribution >= 4 is 45.3 Å². The van der Waals surface area contributed by atoms with Crippen LogP contribution in [0.2, 0.25) is 0 Å². The number of anilines is 1. The molecular weight excluding hydrogens is 470 g/mol. The van der Waals surface area contributed by atoms with Crippen molar-refractivity contribution in [3.63, 3.8) is 0 Å². The Morgan fingerprint density at radius 3 is 2.49 bits per heavy atom. The van der Waals surface area contributed by atoms with E-state index in [1.807, 2.05) is 45.2 Å². The van der Waals surface area contributed by atoms with Gasteiger partial charge in [0.1, 0.15) is 17.0 Å². The molecule has 5 heterocycles. The summed E-state index contributed by atoms with van der Waals surface area (Å²) in [7, 11) is 3.66. The number of nitrogens with zero attached hydrogens (tertiary/aromatic N) is 6. The molecule has 2 aliphatic heterocycles. The molecule has 0 spiro atoms. The van der Waals surface area contributed by atoms with E-state index in [9.17, 15) is 14.4 Å². The summed E-state index contributed by atoms with van der Waals surface area (Å²) in [5.41, 5.74) is 2.52. The summed E-state index contributed by atoms with van der Waals surface area (Å²) >= 11 is 0. The number of fused-ring (bicyclic) bond motifs is 5. The minimum atomic E-state index is -0.372. The molecule has 37 heavy (non-hydrogen) atoms. The quantitative estimate of drug-likeness (QED) is 0.445. The van der Waals surface area contributed by atoms with Crippen LogP contribution in [0.3, 0.4) is 0 Å².